The predicted molar refractivity (Wildman–Crippen MR) is 85.7 cm³/mol. The van der Waals surface area contributed by atoms with Crippen LogP contribution in [0.3, 0.4) is 0 Å². The molecule has 0 amide bonds. The monoisotopic (exact) mass is 302 g/mol. The number of rotatable bonds is 6. The van der Waals surface area contributed by atoms with Gasteiger partial charge >= 0.3 is 0 Å². The molecule has 0 aliphatic carbocycles. The first kappa shape index (κ1) is 13.9. The maximum absolute atomic E-state index is 6.07. The van der Waals surface area contributed by atoms with E-state index < -0.39 is 0 Å². The van der Waals surface area contributed by atoms with Crippen molar-refractivity contribution in [1.29, 1.82) is 0 Å². The van der Waals surface area contributed by atoms with E-state index in [0.717, 1.165) is 41.2 Å². The van der Waals surface area contributed by atoms with E-state index in [0.29, 0.717) is 12.6 Å². The summed E-state index contributed by atoms with van der Waals surface area (Å²) < 4.78 is 7.77. The van der Waals surface area contributed by atoms with Crippen LogP contribution in [0.4, 0.5) is 5.95 Å². The topological polar surface area (TPSA) is 66.0 Å². The highest BCUT2D eigenvalue weighted by molar-refractivity contribution is 7.09. The second-order valence-corrected chi connectivity index (χ2v) is 5.75. The zero-order valence-corrected chi connectivity index (χ0v) is 12.8. The third-order valence-corrected chi connectivity index (χ3v) is 4.11. The second-order valence-electron chi connectivity index (χ2n) is 4.77. The molecule has 0 unspecified atom stereocenters. The van der Waals surface area contributed by atoms with Gasteiger partial charge in [-0.1, -0.05) is 13.0 Å². The summed E-state index contributed by atoms with van der Waals surface area (Å²) >= 11 is 1.66. The van der Waals surface area contributed by atoms with Crippen molar-refractivity contribution in [2.75, 3.05) is 12.3 Å². The molecule has 0 aliphatic rings. The minimum atomic E-state index is 0.522. The quantitative estimate of drug-likeness (QED) is 0.760. The number of anilines is 1. The third-order valence-electron chi connectivity index (χ3n) is 3.27. The normalized spacial score (nSPS) is 11.1. The molecule has 0 spiro atoms. The van der Waals surface area contributed by atoms with E-state index in [2.05, 4.69) is 16.9 Å². The number of nitrogens with two attached hydrogens (primary N) is 1. The molecule has 2 aromatic heterocycles. The molecule has 2 N–H and O–H groups in total. The van der Waals surface area contributed by atoms with E-state index in [4.69, 9.17) is 10.5 Å². The lowest BCUT2D eigenvalue weighted by Crippen LogP contribution is -2.05. The number of para-hydroxylation sites is 1. The molecule has 0 atom stereocenters. The van der Waals surface area contributed by atoms with Gasteiger partial charge in [-0.15, -0.1) is 11.3 Å². The van der Waals surface area contributed by atoms with Crippen molar-refractivity contribution in [3.05, 3.63) is 34.8 Å². The number of fused-ring (bicyclic) bond motifs is 1. The van der Waals surface area contributed by atoms with E-state index in [1.165, 1.54) is 0 Å². The van der Waals surface area contributed by atoms with E-state index >= 15 is 0 Å². The van der Waals surface area contributed by atoms with Gasteiger partial charge in [-0.3, -0.25) is 0 Å². The van der Waals surface area contributed by atoms with Crippen LogP contribution in [0.5, 0.6) is 5.75 Å². The Morgan fingerprint density at radius 3 is 3.05 bits per heavy atom. The van der Waals surface area contributed by atoms with Gasteiger partial charge in [0.25, 0.3) is 0 Å². The molecule has 0 saturated carbocycles. The van der Waals surface area contributed by atoms with Crippen LogP contribution in [-0.4, -0.2) is 21.1 Å². The molecule has 0 saturated heterocycles. The van der Waals surface area contributed by atoms with Gasteiger partial charge < -0.3 is 15.0 Å². The molecule has 0 bridgehead atoms. The lowest BCUT2D eigenvalue weighted by atomic mass is 10.3. The molecule has 110 valence electrons. The number of nitrogen functional groups attached to an aromatic ring is 1. The molecular formula is C15H18N4OS. The summed E-state index contributed by atoms with van der Waals surface area (Å²) in [5.74, 6) is 1.32. The highest BCUT2D eigenvalue weighted by atomic mass is 32.1. The zero-order chi connectivity index (χ0) is 14.7. The number of aryl methyl sites for hydroxylation is 2. The van der Waals surface area contributed by atoms with Crippen LogP contribution in [0.25, 0.3) is 11.0 Å². The molecule has 5 nitrogen and oxygen atoms in total. The first-order chi connectivity index (χ1) is 10.3. The number of hydrogen-bond donors (Lipinski definition) is 1. The molecule has 1 aromatic carbocycles. The smallest absolute Gasteiger partial charge is 0.201 e. The SMILES string of the molecule is CCCOc1cccc2c1nc(N)n2CCc1nccs1. The van der Waals surface area contributed by atoms with Crippen LogP contribution in [0.2, 0.25) is 0 Å². The lowest BCUT2D eigenvalue weighted by molar-refractivity contribution is 0.320. The fourth-order valence-electron chi connectivity index (χ4n) is 2.29. The molecular weight excluding hydrogens is 284 g/mol. The minimum absolute atomic E-state index is 0.522. The third kappa shape index (κ3) is 2.85. The van der Waals surface area contributed by atoms with E-state index in [1.807, 2.05) is 34.3 Å². The number of nitrogens with zero attached hydrogens (tertiary/aromatic N) is 3. The van der Waals surface area contributed by atoms with Crippen molar-refractivity contribution in [1.82, 2.24) is 14.5 Å². The Morgan fingerprint density at radius 1 is 1.38 bits per heavy atom. The number of hydrogen-bond acceptors (Lipinski definition) is 5. The number of benzene rings is 1. The van der Waals surface area contributed by atoms with Crippen LogP contribution in [0.15, 0.2) is 29.8 Å². The molecule has 0 aliphatic heterocycles. The minimum Gasteiger partial charge on any atom is -0.491 e. The highest BCUT2D eigenvalue weighted by Gasteiger charge is 2.12. The Labute approximate surface area is 127 Å². The van der Waals surface area contributed by atoms with Crippen LogP contribution >= 0.6 is 11.3 Å². The summed E-state index contributed by atoms with van der Waals surface area (Å²) in [5, 5.41) is 3.09. The van der Waals surface area contributed by atoms with Crippen molar-refractivity contribution in [2.45, 2.75) is 26.3 Å². The van der Waals surface area contributed by atoms with Gasteiger partial charge in [-0.25, -0.2) is 9.97 Å². The van der Waals surface area contributed by atoms with Gasteiger partial charge in [0, 0.05) is 24.5 Å². The highest BCUT2D eigenvalue weighted by Crippen LogP contribution is 2.27. The van der Waals surface area contributed by atoms with Crippen molar-refractivity contribution >= 4 is 28.3 Å². The standard InChI is InChI=1S/C15H18N4OS/c1-2-9-20-12-5-3-4-11-14(12)18-15(16)19(11)8-6-13-17-7-10-21-13/h3-5,7,10H,2,6,8-9H2,1H3,(H2,16,18). The number of ether oxygens (including phenoxy) is 1. The summed E-state index contributed by atoms with van der Waals surface area (Å²) in [6, 6.07) is 5.95. The molecule has 0 fully saturated rings. The number of aromatic nitrogens is 3. The Morgan fingerprint density at radius 2 is 2.29 bits per heavy atom. The molecule has 2 heterocycles. The van der Waals surface area contributed by atoms with Gasteiger partial charge in [-0.2, -0.15) is 0 Å². The molecule has 0 radical (unpaired) electrons. The molecule has 6 heteroatoms. The van der Waals surface area contributed by atoms with Crippen molar-refractivity contribution in [2.24, 2.45) is 0 Å². The second kappa shape index (κ2) is 6.13. The maximum atomic E-state index is 6.07. The summed E-state index contributed by atoms with van der Waals surface area (Å²) in [7, 11) is 0. The zero-order valence-electron chi connectivity index (χ0n) is 12.0. The fourth-order valence-corrected chi connectivity index (χ4v) is 2.90. The average Bonchev–Trinajstić information content (AvgIpc) is 3.10. The predicted octanol–water partition coefficient (Wildman–Crippen LogP) is 3.11. The Balaban J connectivity index is 1.89. The van der Waals surface area contributed by atoms with Gasteiger partial charge in [0.05, 0.1) is 17.1 Å². The lowest BCUT2D eigenvalue weighted by Gasteiger charge is -2.07. The van der Waals surface area contributed by atoms with Crippen molar-refractivity contribution in [3.8, 4) is 5.75 Å². The summed E-state index contributed by atoms with van der Waals surface area (Å²) in [4.78, 5) is 8.77. The van der Waals surface area contributed by atoms with Crippen LogP contribution in [0, 0.1) is 0 Å². The first-order valence-electron chi connectivity index (χ1n) is 7.05. The summed E-state index contributed by atoms with van der Waals surface area (Å²) in [6.45, 7) is 3.54. The Kier molecular flexibility index (Phi) is 4.06. The van der Waals surface area contributed by atoms with Crippen molar-refractivity contribution < 1.29 is 4.74 Å². The fraction of sp³-hybridized carbons (Fsp3) is 0.333. The van der Waals surface area contributed by atoms with Crippen LogP contribution < -0.4 is 10.5 Å². The Hall–Kier alpha value is -2.08. The van der Waals surface area contributed by atoms with Gasteiger partial charge in [-0.05, 0) is 18.6 Å². The first-order valence-corrected chi connectivity index (χ1v) is 7.93. The molecule has 3 rings (SSSR count). The van der Waals surface area contributed by atoms with Gasteiger partial charge in [0.2, 0.25) is 5.95 Å². The van der Waals surface area contributed by atoms with E-state index in [-0.39, 0.29) is 0 Å². The van der Waals surface area contributed by atoms with Crippen molar-refractivity contribution in [3.63, 3.8) is 0 Å². The number of thiazole rings is 1. The van der Waals surface area contributed by atoms with Gasteiger partial charge in [0.15, 0.2) is 0 Å². The Bertz CT molecular complexity index is 721. The van der Waals surface area contributed by atoms with Gasteiger partial charge in [0.1, 0.15) is 11.3 Å². The van der Waals surface area contributed by atoms with Crippen LogP contribution in [-0.2, 0) is 13.0 Å². The van der Waals surface area contributed by atoms with E-state index in [1.54, 1.807) is 11.3 Å². The maximum Gasteiger partial charge on any atom is 0.201 e. The molecule has 21 heavy (non-hydrogen) atoms. The summed E-state index contributed by atoms with van der Waals surface area (Å²) in [6.07, 6.45) is 3.65. The molecule has 3 aromatic rings. The number of imidazole rings is 1. The van der Waals surface area contributed by atoms with Crippen LogP contribution in [0.1, 0.15) is 18.4 Å². The largest absolute Gasteiger partial charge is 0.491 e. The average molecular weight is 302 g/mol. The van der Waals surface area contributed by atoms with E-state index in [9.17, 15) is 0 Å². The summed E-state index contributed by atoms with van der Waals surface area (Å²) in [5.41, 5.74) is 7.92.